The van der Waals surface area contributed by atoms with Crippen LogP contribution < -0.4 is 5.73 Å². The Balaban J connectivity index is 2.85. The van der Waals surface area contributed by atoms with Crippen LogP contribution in [0.25, 0.3) is 0 Å². The molecule has 0 bridgehead atoms. The number of thioether (sulfide) groups is 1. The topological polar surface area (TPSA) is 63.4 Å². The molecular weight excluding hydrogens is 268 g/mol. The van der Waals surface area contributed by atoms with Crippen molar-refractivity contribution in [1.29, 1.82) is 0 Å². The van der Waals surface area contributed by atoms with E-state index in [1.807, 2.05) is 0 Å². The summed E-state index contributed by atoms with van der Waals surface area (Å²) >= 11 is 1.73. The summed E-state index contributed by atoms with van der Waals surface area (Å²) in [5.74, 6) is 1.70. The molecule has 1 atom stereocenters. The Morgan fingerprint density at radius 2 is 2.00 bits per heavy atom. The summed E-state index contributed by atoms with van der Waals surface area (Å²) in [6.07, 6.45) is 3.35. The van der Waals surface area contributed by atoms with Gasteiger partial charge in [0.25, 0.3) is 0 Å². The fraction of sp³-hybridized carbons (Fsp3) is 1.00. The maximum atomic E-state index is 11.9. The third-order valence-corrected chi connectivity index (χ3v) is 6.84. The fourth-order valence-corrected chi connectivity index (χ4v) is 5.39. The molecule has 1 fully saturated rings. The summed E-state index contributed by atoms with van der Waals surface area (Å²) in [5.41, 5.74) is 5.98. The third-order valence-electron chi connectivity index (χ3n) is 4.16. The molecule has 0 aromatic rings. The number of hydrogen-bond donors (Lipinski definition) is 1. The lowest BCUT2D eigenvalue weighted by Crippen LogP contribution is -2.52. The number of hydrogen-bond acceptors (Lipinski definition) is 5. The van der Waals surface area contributed by atoms with Crippen molar-refractivity contribution in [3.8, 4) is 0 Å². The largest absolute Gasteiger partial charge is 0.330 e. The molecule has 0 aromatic heterocycles. The van der Waals surface area contributed by atoms with Gasteiger partial charge in [0.1, 0.15) is 5.37 Å². The highest BCUT2D eigenvalue weighted by molar-refractivity contribution is 8.00. The van der Waals surface area contributed by atoms with E-state index in [9.17, 15) is 8.42 Å². The summed E-state index contributed by atoms with van der Waals surface area (Å²) in [6.45, 7) is 6.56. The van der Waals surface area contributed by atoms with Gasteiger partial charge in [-0.3, -0.25) is 4.90 Å². The van der Waals surface area contributed by atoms with Crippen LogP contribution in [0.4, 0.5) is 0 Å². The van der Waals surface area contributed by atoms with Crippen LogP contribution in [0.5, 0.6) is 0 Å². The second kappa shape index (κ2) is 6.59. The van der Waals surface area contributed by atoms with Gasteiger partial charge in [-0.1, -0.05) is 13.8 Å². The quantitative estimate of drug-likeness (QED) is 0.797. The molecule has 1 unspecified atom stereocenters. The van der Waals surface area contributed by atoms with Gasteiger partial charge in [-0.2, -0.15) is 11.8 Å². The summed E-state index contributed by atoms with van der Waals surface area (Å²) in [7, 11) is -3.01. The van der Waals surface area contributed by atoms with Crippen LogP contribution in [0.1, 0.15) is 26.7 Å². The molecule has 6 heteroatoms. The van der Waals surface area contributed by atoms with Gasteiger partial charge in [0.15, 0.2) is 9.84 Å². The van der Waals surface area contributed by atoms with Gasteiger partial charge in [0, 0.05) is 30.9 Å². The molecule has 1 rings (SSSR count). The summed E-state index contributed by atoms with van der Waals surface area (Å²) in [4.78, 5) is 2.13. The van der Waals surface area contributed by atoms with Crippen molar-refractivity contribution < 1.29 is 8.42 Å². The lowest BCUT2D eigenvalue weighted by Gasteiger charge is -2.41. The molecule has 4 nitrogen and oxygen atoms in total. The minimum absolute atomic E-state index is 0.0605. The SMILES string of the molecule is CCC(CC)(CN)CN1CCSCC1S(C)(=O)=O. The predicted molar refractivity (Wildman–Crippen MR) is 79.6 cm³/mol. The first kappa shape index (κ1) is 16.3. The number of rotatable bonds is 6. The van der Waals surface area contributed by atoms with E-state index in [4.69, 9.17) is 5.73 Å². The van der Waals surface area contributed by atoms with Gasteiger partial charge in [0.05, 0.1) is 0 Å². The van der Waals surface area contributed by atoms with E-state index < -0.39 is 9.84 Å². The normalized spacial score (nSPS) is 23.2. The molecule has 0 aliphatic carbocycles. The van der Waals surface area contributed by atoms with E-state index in [1.165, 1.54) is 6.26 Å². The number of sulfone groups is 1. The Bertz CT molecular complexity index is 345. The van der Waals surface area contributed by atoms with Crippen molar-refractivity contribution in [2.24, 2.45) is 11.1 Å². The van der Waals surface area contributed by atoms with Gasteiger partial charge >= 0.3 is 0 Å². The molecule has 1 heterocycles. The molecule has 0 radical (unpaired) electrons. The lowest BCUT2D eigenvalue weighted by molar-refractivity contribution is 0.141. The molecule has 0 aromatic carbocycles. The Morgan fingerprint density at radius 3 is 2.44 bits per heavy atom. The molecule has 1 saturated heterocycles. The first-order valence-corrected chi connectivity index (χ1v) is 9.70. The minimum atomic E-state index is -3.01. The highest BCUT2D eigenvalue weighted by Crippen LogP contribution is 2.30. The van der Waals surface area contributed by atoms with E-state index in [0.717, 1.165) is 31.7 Å². The van der Waals surface area contributed by atoms with Crippen LogP contribution in [0, 0.1) is 5.41 Å². The van der Waals surface area contributed by atoms with Gasteiger partial charge in [-0.05, 0) is 24.8 Å². The van der Waals surface area contributed by atoms with Crippen LogP contribution in [0.2, 0.25) is 0 Å². The lowest BCUT2D eigenvalue weighted by atomic mass is 9.82. The molecule has 0 amide bonds. The van der Waals surface area contributed by atoms with Crippen molar-refractivity contribution in [2.45, 2.75) is 32.1 Å². The van der Waals surface area contributed by atoms with Crippen LogP contribution >= 0.6 is 11.8 Å². The Kier molecular flexibility index (Phi) is 5.96. The molecule has 1 aliphatic heterocycles. The van der Waals surface area contributed by atoms with Crippen molar-refractivity contribution in [2.75, 3.05) is 37.4 Å². The standard InChI is InChI=1S/C12H26N2O2S2/c1-4-12(5-2,9-13)10-14-6-7-17-8-11(14)18(3,15)16/h11H,4-10,13H2,1-3H3. The molecule has 18 heavy (non-hydrogen) atoms. The molecule has 1 aliphatic rings. The molecular formula is C12H26N2O2S2. The van der Waals surface area contributed by atoms with Crippen molar-refractivity contribution in [3.05, 3.63) is 0 Å². The zero-order chi connectivity index (χ0) is 13.8. The molecule has 2 N–H and O–H groups in total. The maximum absolute atomic E-state index is 11.9. The second-order valence-electron chi connectivity index (χ2n) is 5.24. The average molecular weight is 294 g/mol. The maximum Gasteiger partial charge on any atom is 0.164 e. The number of nitrogens with two attached hydrogens (primary N) is 1. The Hall–Kier alpha value is 0.220. The Morgan fingerprint density at radius 1 is 1.39 bits per heavy atom. The van der Waals surface area contributed by atoms with Crippen molar-refractivity contribution in [1.82, 2.24) is 4.90 Å². The van der Waals surface area contributed by atoms with Crippen LogP contribution in [-0.4, -0.2) is 56.1 Å². The van der Waals surface area contributed by atoms with Gasteiger partial charge < -0.3 is 5.73 Å². The van der Waals surface area contributed by atoms with Gasteiger partial charge in [-0.25, -0.2) is 8.42 Å². The zero-order valence-electron chi connectivity index (χ0n) is 11.7. The number of nitrogens with zero attached hydrogens (tertiary/aromatic N) is 1. The monoisotopic (exact) mass is 294 g/mol. The summed E-state index contributed by atoms with van der Waals surface area (Å²) < 4.78 is 23.7. The summed E-state index contributed by atoms with van der Waals surface area (Å²) in [5, 5.41) is -0.333. The van der Waals surface area contributed by atoms with E-state index in [2.05, 4.69) is 18.7 Å². The molecule has 0 spiro atoms. The van der Waals surface area contributed by atoms with E-state index in [1.54, 1.807) is 11.8 Å². The predicted octanol–water partition coefficient (Wildman–Crippen LogP) is 1.17. The smallest absolute Gasteiger partial charge is 0.164 e. The van der Waals surface area contributed by atoms with E-state index >= 15 is 0 Å². The van der Waals surface area contributed by atoms with E-state index in [0.29, 0.717) is 12.3 Å². The van der Waals surface area contributed by atoms with Crippen LogP contribution in [0.15, 0.2) is 0 Å². The first-order chi connectivity index (χ1) is 8.38. The van der Waals surface area contributed by atoms with Gasteiger partial charge in [-0.15, -0.1) is 0 Å². The Labute approximate surface area is 116 Å². The van der Waals surface area contributed by atoms with E-state index in [-0.39, 0.29) is 10.8 Å². The average Bonchev–Trinajstić information content (AvgIpc) is 2.35. The second-order valence-corrected chi connectivity index (χ2v) is 8.59. The highest BCUT2D eigenvalue weighted by Gasteiger charge is 2.36. The highest BCUT2D eigenvalue weighted by atomic mass is 32.2. The zero-order valence-corrected chi connectivity index (χ0v) is 13.3. The minimum Gasteiger partial charge on any atom is -0.330 e. The van der Waals surface area contributed by atoms with Crippen LogP contribution in [-0.2, 0) is 9.84 Å². The first-order valence-electron chi connectivity index (χ1n) is 6.59. The van der Waals surface area contributed by atoms with Crippen LogP contribution in [0.3, 0.4) is 0 Å². The third kappa shape index (κ3) is 3.85. The summed E-state index contributed by atoms with van der Waals surface area (Å²) in [6, 6.07) is 0. The molecule has 108 valence electrons. The molecule has 0 saturated carbocycles. The van der Waals surface area contributed by atoms with Crippen molar-refractivity contribution in [3.63, 3.8) is 0 Å². The fourth-order valence-electron chi connectivity index (χ4n) is 2.45. The van der Waals surface area contributed by atoms with Gasteiger partial charge in [0.2, 0.25) is 0 Å². The van der Waals surface area contributed by atoms with Crippen molar-refractivity contribution >= 4 is 21.6 Å².